The van der Waals surface area contributed by atoms with Crippen molar-refractivity contribution in [1.29, 1.82) is 5.26 Å². The second-order valence-electron chi connectivity index (χ2n) is 6.74. The minimum atomic E-state index is -0.775. The molecule has 5 rings (SSSR count). The lowest BCUT2D eigenvalue weighted by Gasteiger charge is -2.10. The Bertz CT molecular complexity index is 1400. The highest BCUT2D eigenvalue weighted by atomic mass is 16.2. The largest absolute Gasteiger partial charge is 0.330 e. The van der Waals surface area contributed by atoms with Gasteiger partial charge in [0.2, 0.25) is 5.82 Å². The molecule has 0 aliphatic heterocycles. The first-order valence-corrected chi connectivity index (χ1v) is 9.26. The number of benzene rings is 2. The van der Waals surface area contributed by atoms with Crippen LogP contribution < -0.4 is 5.32 Å². The normalized spacial score (nSPS) is 12.0. The summed E-state index contributed by atoms with van der Waals surface area (Å²) in [7, 11) is 0. The van der Waals surface area contributed by atoms with Crippen LogP contribution in [0.4, 0.5) is 0 Å². The molecular formula is C22H15N7O. The molecule has 0 spiro atoms. The van der Waals surface area contributed by atoms with E-state index in [4.69, 9.17) is 0 Å². The molecule has 0 aliphatic rings. The fraction of sp³-hybridized carbons (Fsp3) is 0.0455. The van der Waals surface area contributed by atoms with Crippen LogP contribution >= 0.6 is 0 Å². The average molecular weight is 393 g/mol. The molecule has 0 saturated heterocycles. The third kappa shape index (κ3) is 3.04. The van der Waals surface area contributed by atoms with E-state index in [1.807, 2.05) is 42.5 Å². The van der Waals surface area contributed by atoms with Crippen molar-refractivity contribution in [3.63, 3.8) is 0 Å². The van der Waals surface area contributed by atoms with E-state index in [1.165, 1.54) is 0 Å². The van der Waals surface area contributed by atoms with Gasteiger partial charge in [-0.05, 0) is 29.8 Å². The highest BCUT2D eigenvalue weighted by Crippen LogP contribution is 2.28. The number of nitrogens with zero attached hydrogens (tertiary/aromatic N) is 4. The standard InChI is InChI=1S/C22H15N7O/c23-12-19(13-4-2-1-3-5-13)27-22(30)21-25-17-10-15-16(11-18(17)26-21)28-29-20(15)14-6-8-24-9-7-14/h1-11,19,28-29H,(H,27,30). The van der Waals surface area contributed by atoms with Gasteiger partial charge >= 0.3 is 0 Å². The number of aromatic amines is 2. The smallest absolute Gasteiger partial charge is 0.290 e. The summed E-state index contributed by atoms with van der Waals surface area (Å²) >= 11 is 0. The Morgan fingerprint density at radius 1 is 1.00 bits per heavy atom. The third-order valence-electron chi connectivity index (χ3n) is 4.87. The van der Waals surface area contributed by atoms with E-state index in [0.717, 1.165) is 22.2 Å². The summed E-state index contributed by atoms with van der Waals surface area (Å²) in [6.07, 6.45) is 3.45. The zero-order chi connectivity index (χ0) is 20.5. The number of H-pyrrole nitrogens is 2. The first-order chi connectivity index (χ1) is 14.7. The fourth-order valence-corrected chi connectivity index (χ4v) is 3.40. The molecule has 30 heavy (non-hydrogen) atoms. The van der Waals surface area contributed by atoms with Crippen LogP contribution in [-0.2, 0) is 0 Å². The fourth-order valence-electron chi connectivity index (χ4n) is 3.40. The summed E-state index contributed by atoms with van der Waals surface area (Å²) in [6.45, 7) is 0. The van der Waals surface area contributed by atoms with Gasteiger partial charge in [0.15, 0.2) is 0 Å². The molecule has 2 aromatic carbocycles. The van der Waals surface area contributed by atoms with Crippen LogP contribution in [0.3, 0.4) is 0 Å². The van der Waals surface area contributed by atoms with E-state index in [2.05, 4.69) is 36.5 Å². The predicted octanol–water partition coefficient (Wildman–Crippen LogP) is 3.50. The molecule has 5 aromatic rings. The lowest BCUT2D eigenvalue weighted by atomic mass is 10.1. The van der Waals surface area contributed by atoms with Gasteiger partial charge in [0.25, 0.3) is 5.91 Å². The van der Waals surface area contributed by atoms with Gasteiger partial charge in [-0.1, -0.05) is 30.3 Å². The lowest BCUT2D eigenvalue weighted by molar-refractivity contribution is 0.0936. The molecule has 3 N–H and O–H groups in total. The van der Waals surface area contributed by atoms with Gasteiger partial charge < -0.3 is 10.4 Å². The van der Waals surface area contributed by atoms with E-state index in [0.29, 0.717) is 16.6 Å². The van der Waals surface area contributed by atoms with Crippen molar-refractivity contribution >= 4 is 27.8 Å². The van der Waals surface area contributed by atoms with Gasteiger partial charge in [0, 0.05) is 23.3 Å². The van der Waals surface area contributed by atoms with Gasteiger partial charge in [-0.25, -0.2) is 9.97 Å². The van der Waals surface area contributed by atoms with E-state index in [9.17, 15) is 10.1 Å². The van der Waals surface area contributed by atoms with Crippen LogP contribution in [-0.4, -0.2) is 31.1 Å². The number of rotatable bonds is 4. The summed E-state index contributed by atoms with van der Waals surface area (Å²) in [5, 5.41) is 19.3. The second kappa shape index (κ2) is 7.14. The van der Waals surface area contributed by atoms with E-state index in [1.54, 1.807) is 24.5 Å². The van der Waals surface area contributed by atoms with Gasteiger partial charge in [0.1, 0.15) is 6.04 Å². The van der Waals surface area contributed by atoms with Crippen molar-refractivity contribution in [3.8, 4) is 17.3 Å². The summed E-state index contributed by atoms with van der Waals surface area (Å²) in [6, 6.07) is 17.9. The van der Waals surface area contributed by atoms with E-state index < -0.39 is 11.9 Å². The summed E-state index contributed by atoms with van der Waals surface area (Å²) in [4.78, 5) is 25.5. The molecule has 3 heterocycles. The number of nitrogens with one attached hydrogen (secondary N) is 3. The Labute approximate surface area is 170 Å². The number of carbonyl (C=O) groups is 1. The maximum absolute atomic E-state index is 12.7. The van der Waals surface area contributed by atoms with Crippen molar-refractivity contribution in [1.82, 2.24) is 30.5 Å². The van der Waals surface area contributed by atoms with Crippen molar-refractivity contribution in [2.45, 2.75) is 6.04 Å². The molecule has 8 nitrogen and oxygen atoms in total. The summed E-state index contributed by atoms with van der Waals surface area (Å²) in [5.41, 5.74) is 4.63. The number of pyridine rings is 1. The van der Waals surface area contributed by atoms with Gasteiger partial charge in [-0.15, -0.1) is 0 Å². The molecule has 8 heteroatoms. The van der Waals surface area contributed by atoms with Crippen LogP contribution in [0.25, 0.3) is 33.2 Å². The van der Waals surface area contributed by atoms with Crippen LogP contribution in [0.1, 0.15) is 22.2 Å². The van der Waals surface area contributed by atoms with E-state index >= 15 is 0 Å². The van der Waals surface area contributed by atoms with Crippen LogP contribution in [0.2, 0.25) is 0 Å². The molecule has 1 atom stereocenters. The maximum atomic E-state index is 12.7. The first-order valence-electron chi connectivity index (χ1n) is 9.26. The Morgan fingerprint density at radius 3 is 2.47 bits per heavy atom. The molecule has 0 saturated carbocycles. The Balaban J connectivity index is 1.49. The Morgan fingerprint density at radius 2 is 1.73 bits per heavy atom. The maximum Gasteiger partial charge on any atom is 0.290 e. The molecule has 1 amide bonds. The SMILES string of the molecule is N#CC(NC(=O)c1nc2cc3[nH][nH]c(-c4ccncc4)c3cc2n1)c1ccccc1. The number of nitriles is 1. The second-order valence-corrected chi connectivity index (χ2v) is 6.74. The molecule has 144 valence electrons. The Kier molecular flexibility index (Phi) is 4.19. The molecule has 1 unspecified atom stereocenters. The minimum absolute atomic E-state index is 0.0308. The van der Waals surface area contributed by atoms with Crippen LogP contribution in [0, 0.1) is 11.3 Å². The molecule has 0 fully saturated rings. The molecule has 3 aromatic heterocycles. The lowest BCUT2D eigenvalue weighted by Crippen LogP contribution is -2.28. The molecule has 0 aliphatic carbocycles. The summed E-state index contributed by atoms with van der Waals surface area (Å²) in [5.74, 6) is -0.463. The highest BCUT2D eigenvalue weighted by molar-refractivity contribution is 6.02. The molecular weight excluding hydrogens is 378 g/mol. The number of fused-ring (bicyclic) bond motifs is 2. The van der Waals surface area contributed by atoms with Crippen molar-refractivity contribution in [2.75, 3.05) is 0 Å². The zero-order valence-electron chi connectivity index (χ0n) is 15.6. The third-order valence-corrected chi connectivity index (χ3v) is 4.87. The van der Waals surface area contributed by atoms with Gasteiger partial charge in [-0.3, -0.25) is 14.9 Å². The van der Waals surface area contributed by atoms with Crippen molar-refractivity contribution < 1.29 is 4.79 Å². The number of amides is 1. The number of carbonyl (C=O) groups excluding carboxylic acids is 1. The van der Waals surface area contributed by atoms with Crippen LogP contribution in [0.5, 0.6) is 0 Å². The van der Waals surface area contributed by atoms with Gasteiger partial charge in [0.05, 0.1) is 28.3 Å². The minimum Gasteiger partial charge on any atom is -0.330 e. The number of aromatic nitrogens is 5. The number of hydrogen-bond donors (Lipinski definition) is 3. The average Bonchev–Trinajstić information content (AvgIpc) is 3.40. The topological polar surface area (TPSA) is 123 Å². The van der Waals surface area contributed by atoms with Gasteiger partial charge in [-0.2, -0.15) is 5.26 Å². The van der Waals surface area contributed by atoms with Crippen LogP contribution in [0.15, 0.2) is 67.0 Å². The molecule has 0 bridgehead atoms. The predicted molar refractivity (Wildman–Crippen MR) is 111 cm³/mol. The zero-order valence-corrected chi connectivity index (χ0v) is 15.6. The molecule has 0 radical (unpaired) electrons. The number of imidazole rings is 1. The monoisotopic (exact) mass is 393 g/mol. The summed E-state index contributed by atoms with van der Waals surface area (Å²) < 4.78 is 0. The van der Waals surface area contributed by atoms with E-state index in [-0.39, 0.29) is 5.82 Å². The highest BCUT2D eigenvalue weighted by Gasteiger charge is 2.19. The van der Waals surface area contributed by atoms with Crippen molar-refractivity contribution in [3.05, 3.63) is 78.4 Å². The Hall–Kier alpha value is -4.51. The quantitative estimate of drug-likeness (QED) is 0.431. The first kappa shape index (κ1) is 17.6. The van der Waals surface area contributed by atoms with Crippen molar-refractivity contribution in [2.24, 2.45) is 0 Å². The number of hydrogen-bond acceptors (Lipinski definition) is 5.